The van der Waals surface area contributed by atoms with Gasteiger partial charge in [0, 0.05) is 25.8 Å². The number of carboxylic acid groups (broad SMARTS) is 1. The van der Waals surface area contributed by atoms with E-state index in [0.717, 1.165) is 29.7 Å². The first-order valence-electron chi connectivity index (χ1n) is 9.66. The molecule has 0 spiro atoms. The van der Waals surface area contributed by atoms with E-state index >= 15 is 0 Å². The number of nitrogens with zero attached hydrogens (tertiary/aromatic N) is 1. The molecule has 0 radical (unpaired) electrons. The predicted octanol–water partition coefficient (Wildman–Crippen LogP) is 3.37. The fourth-order valence-electron chi connectivity index (χ4n) is 3.38. The molecule has 1 fully saturated rings. The maximum absolute atomic E-state index is 13.1. The lowest BCUT2D eigenvalue weighted by molar-refractivity contribution is -0.144. The number of amides is 1. The van der Waals surface area contributed by atoms with Crippen LogP contribution in [0, 0.1) is 6.92 Å². The van der Waals surface area contributed by atoms with Crippen LogP contribution in [0.15, 0.2) is 18.2 Å². The van der Waals surface area contributed by atoms with Gasteiger partial charge in [0.2, 0.25) is 0 Å². The largest absolute Gasteiger partial charge is 0.481 e. The third-order valence-electron chi connectivity index (χ3n) is 4.92. The smallest absolute Gasteiger partial charge is 0.305 e. The molecule has 0 bridgehead atoms. The summed E-state index contributed by atoms with van der Waals surface area (Å²) < 4.78 is 11.4. The number of hydrogen-bond acceptors (Lipinski definition) is 4. The Bertz CT molecular complexity index is 652. The molecule has 2 rings (SSSR count). The molecule has 0 saturated carbocycles. The predicted molar refractivity (Wildman–Crippen MR) is 103 cm³/mol. The molecule has 1 N–H and O–H groups in total. The van der Waals surface area contributed by atoms with Crippen LogP contribution < -0.4 is 4.74 Å². The minimum atomic E-state index is -0.908. The van der Waals surface area contributed by atoms with Gasteiger partial charge in [-0.25, -0.2) is 0 Å². The topological polar surface area (TPSA) is 76.1 Å². The minimum absolute atomic E-state index is 0.00118. The minimum Gasteiger partial charge on any atom is -0.481 e. The third-order valence-corrected chi connectivity index (χ3v) is 4.92. The summed E-state index contributed by atoms with van der Waals surface area (Å²) in [7, 11) is 0. The number of hydrogen-bond donors (Lipinski definition) is 1. The van der Waals surface area contributed by atoms with Crippen molar-refractivity contribution in [2.75, 3.05) is 19.8 Å². The van der Waals surface area contributed by atoms with Crippen LogP contribution >= 0.6 is 0 Å². The van der Waals surface area contributed by atoms with Crippen molar-refractivity contribution in [3.8, 4) is 5.75 Å². The Morgan fingerprint density at radius 2 is 1.93 bits per heavy atom. The second-order valence-electron chi connectivity index (χ2n) is 7.47. The van der Waals surface area contributed by atoms with E-state index < -0.39 is 12.1 Å². The number of rotatable bonds is 8. The van der Waals surface area contributed by atoms with Crippen LogP contribution in [0.5, 0.6) is 5.75 Å². The number of aryl methyl sites for hydroxylation is 1. The first-order chi connectivity index (χ1) is 12.8. The van der Waals surface area contributed by atoms with Gasteiger partial charge in [0.25, 0.3) is 5.91 Å². The standard InChI is InChI=1S/C21H31NO5/c1-14(2)18-6-5-15(3)13-19(18)27-16(4)21(25)22(10-7-20(23)24)17-8-11-26-12-9-17/h5-6,13-14,16-17H,7-12H2,1-4H3,(H,23,24)/t16-/m0/s1. The highest BCUT2D eigenvalue weighted by atomic mass is 16.5. The van der Waals surface area contributed by atoms with E-state index in [1.165, 1.54) is 0 Å². The Kier molecular flexibility index (Phi) is 7.66. The number of carboxylic acids is 1. The maximum atomic E-state index is 13.1. The van der Waals surface area contributed by atoms with Crippen LogP contribution in [0.1, 0.15) is 57.1 Å². The van der Waals surface area contributed by atoms with Gasteiger partial charge >= 0.3 is 5.97 Å². The molecule has 0 unspecified atom stereocenters. The first-order valence-corrected chi connectivity index (χ1v) is 9.66. The highest BCUT2D eigenvalue weighted by Gasteiger charge is 2.30. The lowest BCUT2D eigenvalue weighted by atomic mass is 10.0. The molecule has 1 aliphatic heterocycles. The van der Waals surface area contributed by atoms with Gasteiger partial charge in [-0.3, -0.25) is 9.59 Å². The molecule has 1 atom stereocenters. The summed E-state index contributed by atoms with van der Waals surface area (Å²) in [4.78, 5) is 25.8. The van der Waals surface area contributed by atoms with E-state index in [4.69, 9.17) is 14.6 Å². The molecule has 1 saturated heterocycles. The number of carbonyl (C=O) groups is 2. The van der Waals surface area contributed by atoms with Gasteiger partial charge in [-0.05, 0) is 49.8 Å². The van der Waals surface area contributed by atoms with Crippen molar-refractivity contribution in [2.45, 2.75) is 65.0 Å². The van der Waals surface area contributed by atoms with E-state index in [1.807, 2.05) is 25.1 Å². The molecule has 150 valence electrons. The van der Waals surface area contributed by atoms with Crippen LogP contribution in [-0.2, 0) is 14.3 Å². The summed E-state index contributed by atoms with van der Waals surface area (Å²) in [5.74, 6) is -0.0777. The van der Waals surface area contributed by atoms with Crippen molar-refractivity contribution in [3.63, 3.8) is 0 Å². The van der Waals surface area contributed by atoms with Crippen molar-refractivity contribution in [2.24, 2.45) is 0 Å². The second kappa shape index (κ2) is 9.74. The molecular formula is C21H31NO5. The maximum Gasteiger partial charge on any atom is 0.305 e. The monoisotopic (exact) mass is 377 g/mol. The molecule has 1 aliphatic rings. The van der Waals surface area contributed by atoms with Gasteiger partial charge in [0.05, 0.1) is 6.42 Å². The molecule has 0 aromatic heterocycles. The summed E-state index contributed by atoms with van der Waals surface area (Å²) in [6.07, 6.45) is 0.692. The van der Waals surface area contributed by atoms with Gasteiger partial charge in [-0.1, -0.05) is 26.0 Å². The molecule has 0 aliphatic carbocycles. The van der Waals surface area contributed by atoms with E-state index in [2.05, 4.69) is 13.8 Å². The number of aliphatic carboxylic acids is 1. The summed E-state index contributed by atoms with van der Waals surface area (Å²) >= 11 is 0. The Hall–Kier alpha value is -2.08. The molecule has 1 aromatic carbocycles. The molecule has 27 heavy (non-hydrogen) atoms. The first kappa shape index (κ1) is 21.2. The van der Waals surface area contributed by atoms with Gasteiger partial charge in [-0.2, -0.15) is 0 Å². The van der Waals surface area contributed by atoms with Crippen LogP contribution in [0.4, 0.5) is 0 Å². The Morgan fingerprint density at radius 3 is 2.52 bits per heavy atom. The lowest BCUT2D eigenvalue weighted by Gasteiger charge is -2.35. The fraction of sp³-hybridized carbons (Fsp3) is 0.619. The second-order valence-corrected chi connectivity index (χ2v) is 7.47. The number of carbonyl (C=O) groups excluding carboxylic acids is 1. The van der Waals surface area contributed by atoms with Crippen molar-refractivity contribution >= 4 is 11.9 Å². The summed E-state index contributed by atoms with van der Waals surface area (Å²) in [5.41, 5.74) is 2.13. The Labute approximate surface area is 161 Å². The van der Waals surface area contributed by atoms with Gasteiger partial charge in [-0.15, -0.1) is 0 Å². The van der Waals surface area contributed by atoms with Crippen molar-refractivity contribution in [3.05, 3.63) is 29.3 Å². The van der Waals surface area contributed by atoms with Crippen molar-refractivity contribution < 1.29 is 24.2 Å². The highest BCUT2D eigenvalue weighted by molar-refractivity contribution is 5.82. The fourth-order valence-corrected chi connectivity index (χ4v) is 3.38. The number of ether oxygens (including phenoxy) is 2. The van der Waals surface area contributed by atoms with Gasteiger partial charge in [0.1, 0.15) is 5.75 Å². The summed E-state index contributed by atoms with van der Waals surface area (Å²) in [6, 6.07) is 6.02. The van der Waals surface area contributed by atoms with E-state index in [9.17, 15) is 9.59 Å². The molecule has 6 heteroatoms. The van der Waals surface area contributed by atoms with Crippen LogP contribution in [-0.4, -0.2) is 53.8 Å². The molecular weight excluding hydrogens is 346 g/mol. The van der Waals surface area contributed by atoms with Gasteiger partial charge < -0.3 is 19.5 Å². The average molecular weight is 377 g/mol. The normalized spacial score (nSPS) is 16.2. The van der Waals surface area contributed by atoms with Crippen LogP contribution in [0.2, 0.25) is 0 Å². The number of benzene rings is 1. The Morgan fingerprint density at radius 1 is 1.26 bits per heavy atom. The van der Waals surface area contributed by atoms with Crippen molar-refractivity contribution in [1.82, 2.24) is 4.90 Å². The van der Waals surface area contributed by atoms with E-state index in [-0.39, 0.29) is 30.8 Å². The summed E-state index contributed by atoms with van der Waals surface area (Å²) in [6.45, 7) is 9.28. The van der Waals surface area contributed by atoms with Gasteiger partial charge in [0.15, 0.2) is 6.10 Å². The zero-order valence-corrected chi connectivity index (χ0v) is 16.7. The Balaban J connectivity index is 2.16. The molecule has 1 heterocycles. The zero-order chi connectivity index (χ0) is 20.0. The molecule has 6 nitrogen and oxygen atoms in total. The molecule has 1 aromatic rings. The average Bonchev–Trinajstić information content (AvgIpc) is 2.62. The zero-order valence-electron chi connectivity index (χ0n) is 16.7. The quantitative estimate of drug-likeness (QED) is 0.752. The van der Waals surface area contributed by atoms with Crippen LogP contribution in [0.25, 0.3) is 0 Å². The third kappa shape index (κ3) is 5.96. The van der Waals surface area contributed by atoms with Crippen LogP contribution in [0.3, 0.4) is 0 Å². The van der Waals surface area contributed by atoms with E-state index in [0.29, 0.717) is 13.2 Å². The van der Waals surface area contributed by atoms with E-state index in [1.54, 1.807) is 11.8 Å². The highest BCUT2D eigenvalue weighted by Crippen LogP contribution is 2.29. The lowest BCUT2D eigenvalue weighted by Crippen LogP contribution is -2.49. The molecule has 1 amide bonds. The van der Waals surface area contributed by atoms with Crippen molar-refractivity contribution in [1.29, 1.82) is 0 Å². The SMILES string of the molecule is Cc1ccc(C(C)C)c(O[C@@H](C)C(=O)N(CCC(=O)O)C2CCOCC2)c1. The summed E-state index contributed by atoms with van der Waals surface area (Å²) in [5, 5.41) is 9.05.